The first-order valence-corrected chi connectivity index (χ1v) is 9.12. The van der Waals surface area contributed by atoms with E-state index in [0.717, 1.165) is 11.5 Å². The zero-order valence-electron chi connectivity index (χ0n) is 15.2. The molecule has 2 aromatic rings. The number of imidazole rings is 1. The van der Waals surface area contributed by atoms with Crippen molar-refractivity contribution in [1.29, 1.82) is 0 Å². The van der Waals surface area contributed by atoms with Crippen LogP contribution in [0.15, 0.2) is 24.8 Å². The minimum absolute atomic E-state index is 0.0638. The minimum atomic E-state index is -0.194. The van der Waals surface area contributed by atoms with Crippen LogP contribution < -0.4 is 0 Å². The molecule has 2 amide bonds. The van der Waals surface area contributed by atoms with E-state index in [9.17, 15) is 9.59 Å². The number of hydrogen-bond donors (Lipinski definition) is 0. The van der Waals surface area contributed by atoms with Crippen LogP contribution in [0.3, 0.4) is 0 Å². The highest BCUT2D eigenvalue weighted by Crippen LogP contribution is 2.26. The molecular weight excluding hydrogens is 348 g/mol. The highest BCUT2D eigenvalue weighted by atomic mass is 16.5. The molecule has 0 bridgehead atoms. The number of rotatable bonds is 3. The second-order valence-electron chi connectivity index (χ2n) is 6.72. The van der Waals surface area contributed by atoms with E-state index in [1.165, 1.54) is 12.4 Å². The van der Waals surface area contributed by atoms with E-state index in [2.05, 4.69) is 15.0 Å². The molecule has 4 heterocycles. The van der Waals surface area contributed by atoms with Gasteiger partial charge in [0.1, 0.15) is 11.5 Å². The number of nitrogens with zero attached hydrogens (tertiary/aromatic N) is 6. The zero-order valence-corrected chi connectivity index (χ0v) is 15.2. The van der Waals surface area contributed by atoms with E-state index >= 15 is 0 Å². The van der Waals surface area contributed by atoms with E-state index in [4.69, 9.17) is 4.74 Å². The van der Waals surface area contributed by atoms with Crippen LogP contribution >= 0.6 is 0 Å². The average Bonchev–Trinajstić information content (AvgIpc) is 3.12. The molecule has 2 aliphatic rings. The number of fused-ring (bicyclic) bond motifs is 1. The maximum atomic E-state index is 12.7. The van der Waals surface area contributed by atoms with Gasteiger partial charge >= 0.3 is 0 Å². The van der Waals surface area contributed by atoms with Crippen molar-refractivity contribution in [2.45, 2.75) is 25.9 Å². The summed E-state index contributed by atoms with van der Waals surface area (Å²) < 4.78 is 7.33. The number of morpholine rings is 1. The number of carbonyl (C=O) groups excluding carboxylic acids is 2. The van der Waals surface area contributed by atoms with Crippen molar-refractivity contribution in [3.63, 3.8) is 0 Å². The molecule has 0 spiro atoms. The summed E-state index contributed by atoms with van der Waals surface area (Å²) in [7, 11) is 0. The first-order valence-electron chi connectivity index (χ1n) is 9.12. The standard InChI is InChI=1S/C18H22N6O3/c1-13-17-21-14(10-16(25)22-6-8-27-9-7-22)12-23(17)4-5-24(13)18(26)15-11-19-2-3-20-15/h2-3,11-13H,4-10H2,1H3/t13-/m1/s1. The van der Waals surface area contributed by atoms with E-state index < -0.39 is 0 Å². The van der Waals surface area contributed by atoms with E-state index in [1.807, 2.05) is 22.6 Å². The normalized spacial score (nSPS) is 19.7. The van der Waals surface area contributed by atoms with Gasteiger partial charge in [0.2, 0.25) is 5.91 Å². The Bertz CT molecular complexity index is 831. The van der Waals surface area contributed by atoms with Crippen molar-refractivity contribution >= 4 is 11.8 Å². The number of carbonyl (C=O) groups is 2. The Balaban J connectivity index is 1.47. The highest BCUT2D eigenvalue weighted by Gasteiger charge is 2.31. The van der Waals surface area contributed by atoms with Crippen LogP contribution in [-0.4, -0.2) is 74.0 Å². The molecule has 0 aliphatic carbocycles. The second kappa shape index (κ2) is 7.43. The highest BCUT2D eigenvalue weighted by molar-refractivity contribution is 5.92. The molecule has 2 aromatic heterocycles. The maximum absolute atomic E-state index is 12.7. The predicted octanol–water partition coefficient (Wildman–Crippen LogP) is 0.291. The first-order chi connectivity index (χ1) is 13.1. The summed E-state index contributed by atoms with van der Waals surface area (Å²) in [5, 5.41) is 0. The zero-order chi connectivity index (χ0) is 18.8. The van der Waals surface area contributed by atoms with Gasteiger partial charge in [-0.15, -0.1) is 0 Å². The Labute approximate surface area is 157 Å². The van der Waals surface area contributed by atoms with Crippen LogP contribution in [-0.2, 0) is 22.5 Å². The minimum Gasteiger partial charge on any atom is -0.378 e. The molecule has 0 saturated carbocycles. The van der Waals surface area contributed by atoms with Crippen molar-refractivity contribution in [3.05, 3.63) is 42.0 Å². The van der Waals surface area contributed by atoms with Gasteiger partial charge in [0.05, 0.1) is 37.6 Å². The Morgan fingerprint density at radius 2 is 2.00 bits per heavy atom. The third kappa shape index (κ3) is 3.55. The Morgan fingerprint density at radius 3 is 2.74 bits per heavy atom. The summed E-state index contributed by atoms with van der Waals surface area (Å²) in [5.74, 6) is 0.702. The first kappa shape index (κ1) is 17.6. The quantitative estimate of drug-likeness (QED) is 0.771. The van der Waals surface area contributed by atoms with Gasteiger partial charge < -0.3 is 19.1 Å². The molecule has 0 radical (unpaired) electrons. The molecule has 27 heavy (non-hydrogen) atoms. The molecule has 142 valence electrons. The Morgan fingerprint density at radius 1 is 1.19 bits per heavy atom. The molecule has 9 heteroatoms. The number of aromatic nitrogens is 4. The number of ether oxygens (including phenoxy) is 1. The van der Waals surface area contributed by atoms with Crippen LogP contribution in [0, 0.1) is 0 Å². The van der Waals surface area contributed by atoms with Gasteiger partial charge in [-0.1, -0.05) is 0 Å². The fraction of sp³-hybridized carbons (Fsp3) is 0.500. The third-order valence-electron chi connectivity index (χ3n) is 5.02. The van der Waals surface area contributed by atoms with Gasteiger partial charge in [-0.25, -0.2) is 9.97 Å². The summed E-state index contributed by atoms with van der Waals surface area (Å²) in [6, 6.07) is -0.194. The van der Waals surface area contributed by atoms with Crippen molar-refractivity contribution < 1.29 is 14.3 Å². The van der Waals surface area contributed by atoms with Crippen LogP contribution in [0.1, 0.15) is 35.0 Å². The molecule has 1 atom stereocenters. The lowest BCUT2D eigenvalue weighted by Crippen LogP contribution is -2.41. The lowest BCUT2D eigenvalue weighted by atomic mass is 10.2. The van der Waals surface area contributed by atoms with Crippen molar-refractivity contribution in [2.75, 3.05) is 32.8 Å². The van der Waals surface area contributed by atoms with Gasteiger partial charge in [0.15, 0.2) is 0 Å². The molecule has 2 aliphatic heterocycles. The fourth-order valence-corrected chi connectivity index (χ4v) is 3.55. The second-order valence-corrected chi connectivity index (χ2v) is 6.72. The molecule has 0 aromatic carbocycles. The predicted molar refractivity (Wildman–Crippen MR) is 94.8 cm³/mol. The van der Waals surface area contributed by atoms with E-state index in [0.29, 0.717) is 45.1 Å². The fourth-order valence-electron chi connectivity index (χ4n) is 3.55. The summed E-state index contributed by atoms with van der Waals surface area (Å²) in [4.78, 5) is 41.5. The smallest absolute Gasteiger partial charge is 0.274 e. The summed E-state index contributed by atoms with van der Waals surface area (Å²) in [6.07, 6.45) is 6.72. The number of amides is 2. The third-order valence-corrected chi connectivity index (χ3v) is 5.02. The monoisotopic (exact) mass is 370 g/mol. The van der Waals surface area contributed by atoms with Crippen molar-refractivity contribution in [2.24, 2.45) is 0 Å². The maximum Gasteiger partial charge on any atom is 0.274 e. The van der Waals surface area contributed by atoms with Gasteiger partial charge in [-0.05, 0) is 6.92 Å². The molecule has 9 nitrogen and oxygen atoms in total. The Hall–Kier alpha value is -2.81. The topological polar surface area (TPSA) is 93.5 Å². The van der Waals surface area contributed by atoms with Gasteiger partial charge in [-0.2, -0.15) is 0 Å². The summed E-state index contributed by atoms with van der Waals surface area (Å²) in [5.41, 5.74) is 1.06. The molecule has 4 rings (SSSR count). The molecular formula is C18H22N6O3. The summed E-state index contributed by atoms with van der Waals surface area (Å²) in [6.45, 7) is 5.58. The number of hydrogen-bond acceptors (Lipinski definition) is 6. The average molecular weight is 370 g/mol. The molecule has 1 saturated heterocycles. The van der Waals surface area contributed by atoms with Crippen molar-refractivity contribution in [3.8, 4) is 0 Å². The lowest BCUT2D eigenvalue weighted by Gasteiger charge is -2.33. The molecule has 1 fully saturated rings. The largest absolute Gasteiger partial charge is 0.378 e. The summed E-state index contributed by atoms with van der Waals surface area (Å²) >= 11 is 0. The van der Waals surface area contributed by atoms with Gasteiger partial charge in [-0.3, -0.25) is 14.6 Å². The Kier molecular flexibility index (Phi) is 4.85. The van der Waals surface area contributed by atoms with E-state index in [1.54, 1.807) is 11.1 Å². The van der Waals surface area contributed by atoms with Crippen LogP contribution in [0.2, 0.25) is 0 Å². The van der Waals surface area contributed by atoms with Crippen LogP contribution in [0.5, 0.6) is 0 Å². The lowest BCUT2D eigenvalue weighted by molar-refractivity contribution is -0.134. The molecule has 0 unspecified atom stereocenters. The van der Waals surface area contributed by atoms with Crippen molar-refractivity contribution in [1.82, 2.24) is 29.3 Å². The van der Waals surface area contributed by atoms with Gasteiger partial charge in [0.25, 0.3) is 5.91 Å². The SMILES string of the molecule is C[C@@H]1c2nc(CC(=O)N3CCOCC3)cn2CCN1C(=O)c1cnccn1. The van der Waals surface area contributed by atoms with Crippen LogP contribution in [0.25, 0.3) is 0 Å². The van der Waals surface area contributed by atoms with Crippen LogP contribution in [0.4, 0.5) is 0 Å². The van der Waals surface area contributed by atoms with E-state index in [-0.39, 0.29) is 24.3 Å². The molecule has 0 N–H and O–H groups in total. The van der Waals surface area contributed by atoms with Gasteiger partial charge in [0, 0.05) is 44.8 Å².